The van der Waals surface area contributed by atoms with Crippen LogP contribution in [-0.2, 0) is 4.79 Å². The number of benzene rings is 1. The average molecular weight is 316 g/mol. The number of hydrogen-bond donors (Lipinski definition) is 2. The molecule has 3 unspecified atom stereocenters. The van der Waals surface area contributed by atoms with Crippen molar-refractivity contribution in [3.63, 3.8) is 0 Å². The minimum absolute atomic E-state index is 0.0901. The van der Waals surface area contributed by atoms with E-state index in [4.69, 9.17) is 5.11 Å². The van der Waals surface area contributed by atoms with Crippen molar-refractivity contribution in [1.82, 2.24) is 5.32 Å². The molecule has 2 rings (SSSR count). The highest BCUT2D eigenvalue weighted by Gasteiger charge is 2.32. The minimum atomic E-state index is -0.774. The van der Waals surface area contributed by atoms with Gasteiger partial charge in [0, 0.05) is 21.5 Å². The van der Waals surface area contributed by atoms with Crippen molar-refractivity contribution in [1.29, 1.82) is 0 Å². The number of rotatable bonds is 2. The Hall–Kier alpha value is -0.520. The number of hydrogen-bond acceptors (Lipinski definition) is 3. The highest BCUT2D eigenvalue weighted by molar-refractivity contribution is 9.10. The van der Waals surface area contributed by atoms with Crippen LogP contribution in [0.2, 0.25) is 0 Å². The van der Waals surface area contributed by atoms with Gasteiger partial charge in [0.25, 0.3) is 0 Å². The molecule has 0 radical (unpaired) electrons. The maximum atomic E-state index is 11.0. The number of nitrogens with one attached hydrogen (secondary N) is 1. The van der Waals surface area contributed by atoms with Gasteiger partial charge in [0.15, 0.2) is 0 Å². The lowest BCUT2D eigenvalue weighted by molar-refractivity contribution is -0.139. The summed E-state index contributed by atoms with van der Waals surface area (Å²) < 4.78 is 1.02. The largest absolute Gasteiger partial charge is 0.480 e. The van der Waals surface area contributed by atoms with Crippen LogP contribution in [0.5, 0.6) is 0 Å². The van der Waals surface area contributed by atoms with Crippen molar-refractivity contribution in [2.45, 2.75) is 24.3 Å². The normalized spacial score (nSPS) is 28.9. The van der Waals surface area contributed by atoms with E-state index in [9.17, 15) is 4.79 Å². The minimum Gasteiger partial charge on any atom is -0.480 e. The van der Waals surface area contributed by atoms with Crippen LogP contribution in [0.1, 0.15) is 18.5 Å². The van der Waals surface area contributed by atoms with Crippen LogP contribution in [0.15, 0.2) is 28.7 Å². The van der Waals surface area contributed by atoms with Gasteiger partial charge >= 0.3 is 5.97 Å². The van der Waals surface area contributed by atoms with Crippen LogP contribution in [0, 0.1) is 0 Å². The summed E-state index contributed by atoms with van der Waals surface area (Å²) in [5.74, 6) is -0.148. The molecule has 0 aliphatic carbocycles. The van der Waals surface area contributed by atoms with Crippen molar-refractivity contribution >= 4 is 33.7 Å². The van der Waals surface area contributed by atoms with Gasteiger partial charge in [-0.15, -0.1) is 0 Å². The Kier molecular flexibility index (Phi) is 4.12. The molecule has 1 aliphatic heterocycles. The van der Waals surface area contributed by atoms with Crippen molar-refractivity contribution in [2.24, 2.45) is 0 Å². The van der Waals surface area contributed by atoms with Crippen LogP contribution in [0.4, 0.5) is 0 Å². The third-order valence-electron chi connectivity index (χ3n) is 2.88. The SMILES string of the molecule is CC1SCC(C(=O)O)NC1c1cccc(Br)c1. The summed E-state index contributed by atoms with van der Waals surface area (Å²) in [5, 5.41) is 12.6. The Balaban J connectivity index is 2.20. The molecule has 0 bridgehead atoms. The zero-order chi connectivity index (χ0) is 12.4. The summed E-state index contributed by atoms with van der Waals surface area (Å²) in [4.78, 5) is 11.0. The second kappa shape index (κ2) is 5.42. The van der Waals surface area contributed by atoms with E-state index in [1.807, 2.05) is 24.3 Å². The zero-order valence-corrected chi connectivity index (χ0v) is 11.8. The fraction of sp³-hybridized carbons (Fsp3) is 0.417. The summed E-state index contributed by atoms with van der Waals surface area (Å²) >= 11 is 5.15. The highest BCUT2D eigenvalue weighted by Crippen LogP contribution is 2.32. The van der Waals surface area contributed by atoms with Gasteiger partial charge in [-0.2, -0.15) is 11.8 Å². The molecule has 17 heavy (non-hydrogen) atoms. The van der Waals surface area contributed by atoms with E-state index >= 15 is 0 Å². The molecule has 1 fully saturated rings. The molecule has 1 saturated heterocycles. The first kappa shape index (κ1) is 12.9. The number of halogens is 1. The van der Waals surface area contributed by atoms with Crippen LogP contribution < -0.4 is 5.32 Å². The van der Waals surface area contributed by atoms with E-state index in [2.05, 4.69) is 28.2 Å². The number of carboxylic acids is 1. The van der Waals surface area contributed by atoms with Crippen molar-refractivity contribution in [3.05, 3.63) is 34.3 Å². The van der Waals surface area contributed by atoms with Gasteiger partial charge < -0.3 is 5.11 Å². The fourth-order valence-electron chi connectivity index (χ4n) is 1.95. The first-order valence-electron chi connectivity index (χ1n) is 5.44. The number of carboxylic acid groups (broad SMARTS) is 1. The Morgan fingerprint density at radius 3 is 3.00 bits per heavy atom. The van der Waals surface area contributed by atoms with Gasteiger partial charge in [0.05, 0.1) is 0 Å². The molecule has 1 aromatic rings. The molecule has 2 N–H and O–H groups in total. The third kappa shape index (κ3) is 3.03. The highest BCUT2D eigenvalue weighted by atomic mass is 79.9. The van der Waals surface area contributed by atoms with Crippen molar-refractivity contribution < 1.29 is 9.90 Å². The second-order valence-corrected chi connectivity index (χ2v) is 6.45. The van der Waals surface area contributed by atoms with Gasteiger partial charge in [-0.1, -0.05) is 35.0 Å². The molecule has 1 heterocycles. The Morgan fingerprint density at radius 2 is 2.35 bits per heavy atom. The predicted octanol–water partition coefficient (Wildman–Crippen LogP) is 2.67. The molecule has 1 aliphatic rings. The van der Waals surface area contributed by atoms with Crippen LogP contribution in [0.3, 0.4) is 0 Å². The Morgan fingerprint density at radius 1 is 1.59 bits per heavy atom. The van der Waals surface area contributed by atoms with E-state index in [0.717, 1.165) is 10.0 Å². The Bertz CT molecular complexity index is 427. The maximum Gasteiger partial charge on any atom is 0.321 e. The van der Waals surface area contributed by atoms with Crippen LogP contribution in [0.25, 0.3) is 0 Å². The van der Waals surface area contributed by atoms with E-state index in [-0.39, 0.29) is 6.04 Å². The topological polar surface area (TPSA) is 49.3 Å². The molecular formula is C12H14BrNO2S. The molecule has 0 amide bonds. The first-order valence-corrected chi connectivity index (χ1v) is 7.28. The van der Waals surface area contributed by atoms with E-state index in [0.29, 0.717) is 11.0 Å². The quantitative estimate of drug-likeness (QED) is 0.881. The lowest BCUT2D eigenvalue weighted by atomic mass is 10.0. The number of thioether (sulfide) groups is 1. The molecule has 92 valence electrons. The summed E-state index contributed by atoms with van der Waals surface area (Å²) in [6.07, 6.45) is 0. The van der Waals surface area contributed by atoms with E-state index in [1.54, 1.807) is 11.8 Å². The molecule has 5 heteroatoms. The monoisotopic (exact) mass is 315 g/mol. The molecular weight excluding hydrogens is 302 g/mol. The summed E-state index contributed by atoms with van der Waals surface area (Å²) in [6.45, 7) is 2.13. The summed E-state index contributed by atoms with van der Waals surface area (Å²) in [5.41, 5.74) is 1.13. The second-order valence-electron chi connectivity index (χ2n) is 4.13. The summed E-state index contributed by atoms with van der Waals surface area (Å²) in [6, 6.07) is 7.65. The van der Waals surface area contributed by atoms with Crippen molar-refractivity contribution in [2.75, 3.05) is 5.75 Å². The summed E-state index contributed by atoms with van der Waals surface area (Å²) in [7, 11) is 0. The molecule has 1 aromatic carbocycles. The maximum absolute atomic E-state index is 11.0. The first-order chi connectivity index (χ1) is 8.08. The average Bonchev–Trinajstić information content (AvgIpc) is 2.29. The van der Waals surface area contributed by atoms with Gasteiger partial charge in [0.2, 0.25) is 0 Å². The number of carbonyl (C=O) groups is 1. The Labute approximate surface area is 113 Å². The van der Waals surface area contributed by atoms with Crippen LogP contribution >= 0.6 is 27.7 Å². The van der Waals surface area contributed by atoms with Gasteiger partial charge in [0.1, 0.15) is 6.04 Å². The number of aliphatic carboxylic acids is 1. The van der Waals surface area contributed by atoms with Gasteiger partial charge in [-0.05, 0) is 17.7 Å². The fourth-order valence-corrected chi connectivity index (χ4v) is 3.53. The predicted molar refractivity (Wildman–Crippen MR) is 73.4 cm³/mol. The molecule has 3 atom stereocenters. The molecule has 0 saturated carbocycles. The van der Waals surface area contributed by atoms with Crippen LogP contribution in [-0.4, -0.2) is 28.1 Å². The smallest absolute Gasteiger partial charge is 0.321 e. The lowest BCUT2D eigenvalue weighted by Crippen LogP contribution is -2.47. The third-order valence-corrected chi connectivity index (χ3v) is 4.70. The van der Waals surface area contributed by atoms with Crippen molar-refractivity contribution in [3.8, 4) is 0 Å². The van der Waals surface area contributed by atoms with Gasteiger partial charge in [-0.3, -0.25) is 10.1 Å². The standard InChI is InChI=1S/C12H14BrNO2S/c1-7-11(8-3-2-4-9(13)5-8)14-10(6-17-7)12(15)16/h2-5,7,10-11,14H,6H2,1H3,(H,15,16). The molecule has 0 spiro atoms. The van der Waals surface area contributed by atoms with Gasteiger partial charge in [-0.25, -0.2) is 0 Å². The lowest BCUT2D eigenvalue weighted by Gasteiger charge is -2.34. The van der Waals surface area contributed by atoms with E-state index < -0.39 is 12.0 Å². The zero-order valence-electron chi connectivity index (χ0n) is 9.39. The molecule has 3 nitrogen and oxygen atoms in total. The van der Waals surface area contributed by atoms with E-state index in [1.165, 1.54) is 0 Å². The molecule has 0 aromatic heterocycles.